The van der Waals surface area contributed by atoms with Crippen LogP contribution in [0.3, 0.4) is 0 Å². The highest BCUT2D eigenvalue weighted by atomic mass is 35.5. The molecule has 9 heteroatoms. The summed E-state index contributed by atoms with van der Waals surface area (Å²) in [6, 6.07) is 15.9. The van der Waals surface area contributed by atoms with Crippen LogP contribution in [0.1, 0.15) is 16.1 Å². The van der Waals surface area contributed by atoms with Gasteiger partial charge in [-0.3, -0.25) is 14.9 Å². The van der Waals surface area contributed by atoms with Crippen LogP contribution in [0.5, 0.6) is 0 Å². The standard InChI is InChI=1S/C22H13ClN4O3S/c23-16-7-5-13(6-8-16)9-19-26-27-22(31-19)25-21(29)14(11-24)10-15-12-30-18-4-2-1-3-17(18)20(15)28/h1-8,10,12H,9H2,(H,25,27,29)/b14-10-. The molecule has 0 fully saturated rings. The second-order valence-electron chi connectivity index (χ2n) is 6.44. The van der Waals surface area contributed by atoms with Crippen LogP contribution in [-0.2, 0) is 11.2 Å². The van der Waals surface area contributed by atoms with E-state index in [1.807, 2.05) is 18.2 Å². The Labute approximate surface area is 185 Å². The predicted molar refractivity (Wildman–Crippen MR) is 119 cm³/mol. The lowest BCUT2D eigenvalue weighted by atomic mass is 10.1. The number of aromatic nitrogens is 2. The van der Waals surface area contributed by atoms with E-state index in [0.717, 1.165) is 5.56 Å². The largest absolute Gasteiger partial charge is 0.463 e. The molecule has 0 aliphatic heterocycles. The normalized spacial score (nSPS) is 11.3. The number of fused-ring (bicyclic) bond motifs is 1. The van der Waals surface area contributed by atoms with E-state index in [-0.39, 0.29) is 21.7 Å². The van der Waals surface area contributed by atoms with Crippen molar-refractivity contribution in [3.8, 4) is 6.07 Å². The molecule has 4 aromatic rings. The maximum Gasteiger partial charge on any atom is 0.268 e. The van der Waals surface area contributed by atoms with Gasteiger partial charge in [-0.1, -0.05) is 47.2 Å². The molecule has 2 heterocycles. The Morgan fingerprint density at radius 2 is 1.97 bits per heavy atom. The van der Waals surface area contributed by atoms with Crippen molar-refractivity contribution in [1.29, 1.82) is 5.26 Å². The van der Waals surface area contributed by atoms with Crippen LogP contribution in [0.15, 0.2) is 69.6 Å². The lowest BCUT2D eigenvalue weighted by molar-refractivity contribution is -0.112. The van der Waals surface area contributed by atoms with Gasteiger partial charge < -0.3 is 4.42 Å². The zero-order valence-electron chi connectivity index (χ0n) is 15.8. The number of halogens is 1. The Hall–Kier alpha value is -3.80. The molecule has 0 saturated carbocycles. The minimum absolute atomic E-state index is 0.103. The average molecular weight is 449 g/mol. The van der Waals surface area contributed by atoms with Gasteiger partial charge in [0.25, 0.3) is 5.91 Å². The molecule has 31 heavy (non-hydrogen) atoms. The molecule has 2 aromatic heterocycles. The number of nitriles is 1. The Morgan fingerprint density at radius 1 is 1.19 bits per heavy atom. The van der Waals surface area contributed by atoms with Crippen LogP contribution in [0.25, 0.3) is 17.0 Å². The van der Waals surface area contributed by atoms with Crippen LogP contribution >= 0.6 is 22.9 Å². The van der Waals surface area contributed by atoms with E-state index < -0.39 is 5.91 Å². The lowest BCUT2D eigenvalue weighted by Gasteiger charge is -2.01. The van der Waals surface area contributed by atoms with E-state index in [9.17, 15) is 14.9 Å². The van der Waals surface area contributed by atoms with Gasteiger partial charge in [-0.25, -0.2) is 0 Å². The van der Waals surface area contributed by atoms with E-state index in [1.54, 1.807) is 36.4 Å². The number of hydrogen-bond acceptors (Lipinski definition) is 7. The highest BCUT2D eigenvalue weighted by Gasteiger charge is 2.15. The summed E-state index contributed by atoms with van der Waals surface area (Å²) in [4.78, 5) is 25.1. The fraction of sp³-hybridized carbons (Fsp3) is 0.0455. The molecule has 4 rings (SSSR count). The quantitative estimate of drug-likeness (QED) is 0.357. The first kappa shape index (κ1) is 20.5. The zero-order chi connectivity index (χ0) is 21.8. The Balaban J connectivity index is 1.52. The van der Waals surface area contributed by atoms with Crippen molar-refractivity contribution in [3.63, 3.8) is 0 Å². The fourth-order valence-electron chi connectivity index (χ4n) is 2.81. The molecule has 0 aliphatic carbocycles. The third-order valence-corrected chi connectivity index (χ3v) is 5.42. The molecule has 0 unspecified atom stereocenters. The highest BCUT2D eigenvalue weighted by Crippen LogP contribution is 2.20. The molecule has 1 amide bonds. The van der Waals surface area contributed by atoms with Gasteiger partial charge in [-0.15, -0.1) is 10.2 Å². The number of amides is 1. The summed E-state index contributed by atoms with van der Waals surface area (Å²) in [5, 5.41) is 21.9. The van der Waals surface area contributed by atoms with Crippen molar-refractivity contribution in [2.45, 2.75) is 6.42 Å². The first-order chi connectivity index (χ1) is 15.0. The van der Waals surface area contributed by atoms with E-state index in [2.05, 4.69) is 15.5 Å². The SMILES string of the molecule is N#C/C(=C/c1coc2ccccc2c1=O)C(=O)Nc1nnc(Cc2ccc(Cl)cc2)s1. The van der Waals surface area contributed by atoms with Crippen molar-refractivity contribution in [2.24, 2.45) is 0 Å². The third-order valence-electron chi connectivity index (χ3n) is 4.33. The van der Waals surface area contributed by atoms with E-state index in [0.29, 0.717) is 27.4 Å². The molecule has 0 radical (unpaired) electrons. The van der Waals surface area contributed by atoms with E-state index in [1.165, 1.54) is 23.7 Å². The summed E-state index contributed by atoms with van der Waals surface area (Å²) in [6.07, 6.45) is 2.96. The molecule has 0 bridgehead atoms. The van der Waals surface area contributed by atoms with Crippen molar-refractivity contribution in [2.75, 3.05) is 5.32 Å². The molecule has 0 saturated heterocycles. The van der Waals surface area contributed by atoms with Crippen LogP contribution in [0, 0.1) is 11.3 Å². The van der Waals surface area contributed by atoms with Crippen molar-refractivity contribution in [1.82, 2.24) is 10.2 Å². The maximum absolute atomic E-state index is 12.6. The summed E-state index contributed by atoms with van der Waals surface area (Å²) < 4.78 is 5.42. The lowest BCUT2D eigenvalue weighted by Crippen LogP contribution is -2.14. The summed E-state index contributed by atoms with van der Waals surface area (Å²) in [6.45, 7) is 0. The van der Waals surface area contributed by atoms with Crippen molar-refractivity contribution < 1.29 is 9.21 Å². The average Bonchev–Trinajstić information content (AvgIpc) is 3.21. The number of carbonyl (C=O) groups excluding carboxylic acids is 1. The molecule has 152 valence electrons. The van der Waals surface area contributed by atoms with Gasteiger partial charge in [0.15, 0.2) is 5.43 Å². The van der Waals surface area contributed by atoms with Gasteiger partial charge in [-0.05, 0) is 35.9 Å². The Kier molecular flexibility index (Phi) is 5.89. The second kappa shape index (κ2) is 8.92. The minimum atomic E-state index is -0.691. The fourth-order valence-corrected chi connectivity index (χ4v) is 3.71. The van der Waals surface area contributed by atoms with Crippen molar-refractivity contribution in [3.05, 3.63) is 91.7 Å². The van der Waals surface area contributed by atoms with E-state index >= 15 is 0 Å². The van der Waals surface area contributed by atoms with Gasteiger partial charge >= 0.3 is 0 Å². The monoisotopic (exact) mass is 448 g/mol. The first-order valence-corrected chi connectivity index (χ1v) is 10.2. The molecule has 0 atom stereocenters. The number of anilines is 1. The van der Waals surface area contributed by atoms with Gasteiger partial charge in [0.2, 0.25) is 5.13 Å². The smallest absolute Gasteiger partial charge is 0.268 e. The minimum Gasteiger partial charge on any atom is -0.463 e. The number of para-hydroxylation sites is 1. The number of benzene rings is 2. The maximum atomic E-state index is 12.6. The summed E-state index contributed by atoms with van der Waals surface area (Å²) >= 11 is 7.08. The zero-order valence-corrected chi connectivity index (χ0v) is 17.4. The van der Waals surface area contributed by atoms with Gasteiger partial charge in [0.1, 0.15) is 28.5 Å². The van der Waals surface area contributed by atoms with Gasteiger partial charge in [0, 0.05) is 11.4 Å². The van der Waals surface area contributed by atoms with Crippen LogP contribution in [-0.4, -0.2) is 16.1 Å². The topological polar surface area (TPSA) is 109 Å². The van der Waals surface area contributed by atoms with Crippen LogP contribution in [0.4, 0.5) is 5.13 Å². The molecular weight excluding hydrogens is 436 g/mol. The first-order valence-electron chi connectivity index (χ1n) is 9.04. The van der Waals surface area contributed by atoms with E-state index in [4.69, 9.17) is 16.0 Å². The predicted octanol–water partition coefficient (Wildman–Crippen LogP) is 4.43. The van der Waals surface area contributed by atoms with Gasteiger partial charge in [0.05, 0.1) is 10.9 Å². The highest BCUT2D eigenvalue weighted by molar-refractivity contribution is 7.15. The number of hydrogen-bond donors (Lipinski definition) is 1. The third kappa shape index (κ3) is 4.69. The second-order valence-corrected chi connectivity index (χ2v) is 7.94. The Morgan fingerprint density at radius 3 is 2.74 bits per heavy atom. The Bertz CT molecular complexity index is 1400. The molecular formula is C22H13ClN4O3S. The van der Waals surface area contributed by atoms with Gasteiger partial charge in [-0.2, -0.15) is 5.26 Å². The molecule has 0 spiro atoms. The molecule has 1 N–H and O–H groups in total. The number of nitrogens with one attached hydrogen (secondary N) is 1. The van der Waals surface area contributed by atoms with Crippen molar-refractivity contribution >= 4 is 51.0 Å². The summed E-state index contributed by atoms with van der Waals surface area (Å²) in [5.74, 6) is -0.691. The number of carbonyl (C=O) groups is 1. The number of rotatable bonds is 5. The molecule has 2 aromatic carbocycles. The van der Waals surface area contributed by atoms with Crippen LogP contribution < -0.4 is 10.7 Å². The summed E-state index contributed by atoms with van der Waals surface area (Å²) in [5.41, 5.74) is 0.945. The molecule has 7 nitrogen and oxygen atoms in total. The molecule has 0 aliphatic rings. The summed E-state index contributed by atoms with van der Waals surface area (Å²) in [7, 11) is 0. The number of nitrogens with zero attached hydrogens (tertiary/aromatic N) is 3. The van der Waals surface area contributed by atoms with Crippen LogP contribution in [0.2, 0.25) is 5.02 Å².